The van der Waals surface area contributed by atoms with Gasteiger partial charge in [-0.3, -0.25) is 0 Å². The molecule has 7 aromatic carbocycles. The van der Waals surface area contributed by atoms with E-state index in [9.17, 15) is 0 Å². The lowest BCUT2D eigenvalue weighted by atomic mass is 9.74. The fourth-order valence-corrected chi connectivity index (χ4v) is 8.62. The molecule has 7 nitrogen and oxygen atoms in total. The van der Waals surface area contributed by atoms with Crippen LogP contribution < -0.4 is 4.74 Å². The summed E-state index contributed by atoms with van der Waals surface area (Å²) in [6.07, 6.45) is 5.78. The second-order valence-electron chi connectivity index (χ2n) is 17.3. The smallest absolute Gasteiger partial charge is 0.164 e. The maximum absolute atomic E-state index is 6.61. The Morgan fingerprint density at radius 2 is 0.881 bits per heavy atom. The molecule has 0 unspecified atom stereocenters. The molecule has 0 aliphatic carbocycles. The number of benzene rings is 7. The summed E-state index contributed by atoms with van der Waals surface area (Å²) in [4.78, 5) is 29.7. The molecule has 9 aromatic rings. The van der Waals surface area contributed by atoms with Crippen LogP contribution >= 0.6 is 0 Å². The number of hydrogen-bond acceptors (Lipinski definition) is 7. The van der Waals surface area contributed by atoms with Gasteiger partial charge in [0.05, 0.1) is 0 Å². The van der Waals surface area contributed by atoms with Gasteiger partial charge in [0, 0.05) is 49.9 Å². The molecule has 0 radical (unpaired) electrons. The van der Waals surface area contributed by atoms with Crippen LogP contribution in [0.15, 0.2) is 200 Å². The number of ether oxygens (including phenoxy) is 1. The van der Waals surface area contributed by atoms with E-state index in [-0.39, 0.29) is 5.41 Å². The van der Waals surface area contributed by atoms with Crippen molar-refractivity contribution in [1.29, 1.82) is 0 Å². The molecular weight excluding hydrogens is 821 g/mol. The fraction of sp³-hybridized carbons (Fsp3) is 0.100. The molecule has 2 aromatic heterocycles. The molecule has 7 heteroatoms. The molecule has 324 valence electrons. The van der Waals surface area contributed by atoms with E-state index in [0.29, 0.717) is 34.9 Å². The highest BCUT2D eigenvalue weighted by Gasteiger charge is 2.35. The highest BCUT2D eigenvalue weighted by atomic mass is 16.5. The number of rotatable bonds is 10. The Kier molecular flexibility index (Phi) is 11.3. The maximum atomic E-state index is 6.61. The van der Waals surface area contributed by atoms with Crippen molar-refractivity contribution < 1.29 is 4.74 Å². The molecule has 1 aliphatic rings. The monoisotopic (exact) mass is 868 g/mol. The molecule has 0 amide bonds. The van der Waals surface area contributed by atoms with Crippen LogP contribution in [0.4, 0.5) is 0 Å². The number of hydrogen-bond donors (Lipinski definition) is 0. The molecule has 0 saturated heterocycles. The third-order valence-electron chi connectivity index (χ3n) is 12.6. The van der Waals surface area contributed by atoms with E-state index >= 15 is 0 Å². The van der Waals surface area contributed by atoms with Crippen LogP contribution in [0.3, 0.4) is 0 Å². The number of allylic oxidation sites excluding steroid dienone is 5. The summed E-state index contributed by atoms with van der Waals surface area (Å²) in [7, 11) is 0. The summed E-state index contributed by atoms with van der Waals surface area (Å²) in [5.74, 6) is 5.47. The van der Waals surface area contributed by atoms with Gasteiger partial charge in [-0.05, 0) is 78.4 Å². The van der Waals surface area contributed by atoms with Crippen molar-refractivity contribution in [3.63, 3.8) is 0 Å². The lowest BCUT2D eigenvalue weighted by Gasteiger charge is -2.35. The molecule has 1 aliphatic heterocycles. The number of aryl methyl sites for hydroxylation is 1. The van der Waals surface area contributed by atoms with E-state index in [0.717, 1.165) is 89.4 Å². The van der Waals surface area contributed by atoms with Gasteiger partial charge in [-0.25, -0.2) is 29.9 Å². The Balaban J connectivity index is 0.941. The quantitative estimate of drug-likeness (QED) is 0.127. The Morgan fingerprint density at radius 1 is 0.478 bits per heavy atom. The van der Waals surface area contributed by atoms with Crippen molar-refractivity contribution in [2.75, 3.05) is 0 Å². The number of fused-ring (bicyclic) bond motifs is 2. The van der Waals surface area contributed by atoms with Gasteiger partial charge in [0.25, 0.3) is 0 Å². The molecule has 0 bridgehead atoms. The first-order chi connectivity index (χ1) is 32.7. The summed E-state index contributed by atoms with van der Waals surface area (Å²) >= 11 is 0. The first-order valence-corrected chi connectivity index (χ1v) is 22.5. The van der Waals surface area contributed by atoms with Crippen molar-refractivity contribution in [3.8, 4) is 90.7 Å². The lowest BCUT2D eigenvalue weighted by molar-refractivity contribution is 0.418. The summed E-state index contributed by atoms with van der Waals surface area (Å²) < 4.78 is 6.61. The van der Waals surface area contributed by atoms with E-state index in [4.69, 9.17) is 34.6 Å². The molecule has 0 saturated carbocycles. The minimum Gasteiger partial charge on any atom is -0.457 e. The Hall–Kier alpha value is -8.42. The van der Waals surface area contributed by atoms with E-state index in [1.807, 2.05) is 85.8 Å². The van der Waals surface area contributed by atoms with Crippen LogP contribution in [0.25, 0.3) is 84.8 Å². The van der Waals surface area contributed by atoms with Gasteiger partial charge in [0.15, 0.2) is 34.9 Å². The Bertz CT molecular complexity index is 3370. The van der Waals surface area contributed by atoms with Gasteiger partial charge >= 0.3 is 0 Å². The van der Waals surface area contributed by atoms with Crippen molar-refractivity contribution in [3.05, 3.63) is 223 Å². The van der Waals surface area contributed by atoms with Gasteiger partial charge in [-0.2, -0.15) is 0 Å². The number of aromatic nitrogens is 6. The summed E-state index contributed by atoms with van der Waals surface area (Å²) in [6, 6.07) is 58.2. The average Bonchev–Trinajstić information content (AvgIpc) is 3.38. The first kappa shape index (κ1) is 42.5. The van der Waals surface area contributed by atoms with Crippen LogP contribution in [0.5, 0.6) is 11.5 Å². The van der Waals surface area contributed by atoms with Crippen molar-refractivity contribution in [2.45, 2.75) is 40.0 Å². The molecule has 67 heavy (non-hydrogen) atoms. The fourth-order valence-electron chi connectivity index (χ4n) is 8.62. The zero-order valence-corrected chi connectivity index (χ0v) is 38.2. The zero-order chi connectivity index (χ0) is 46.1. The number of nitrogens with zero attached hydrogens (tertiary/aromatic N) is 6. The highest BCUT2D eigenvalue weighted by molar-refractivity contribution is 5.79. The largest absolute Gasteiger partial charge is 0.457 e. The normalized spacial score (nSPS) is 13.0. The Morgan fingerprint density at radius 3 is 1.34 bits per heavy atom. The van der Waals surface area contributed by atoms with Gasteiger partial charge in [0.2, 0.25) is 0 Å². The van der Waals surface area contributed by atoms with E-state index in [1.165, 1.54) is 0 Å². The molecular formula is C60H48N6O. The topological polar surface area (TPSA) is 86.6 Å². The van der Waals surface area contributed by atoms with Gasteiger partial charge in [-0.1, -0.05) is 184 Å². The lowest BCUT2D eigenvalue weighted by Crippen LogP contribution is -2.24. The van der Waals surface area contributed by atoms with Crippen molar-refractivity contribution in [2.24, 2.45) is 0 Å². The van der Waals surface area contributed by atoms with Gasteiger partial charge < -0.3 is 4.74 Å². The second-order valence-corrected chi connectivity index (χ2v) is 17.3. The standard InChI is InChI=1S/C60H48N6O/c1-7-17-48(38(3)8-2)58-63-54(42-19-11-9-12-20-42)61-56(65-58)44-28-24-40(25-29-44)46-32-34-52-50(36-46)60(5,6)51-37-47(33-35-53(51)67-52)41-26-30-45(31-27-41)57-62-55(43-21-13-10-14-22-43)64-59(66-57)49-23-16-15-18-39(49)4/h7-37H,1H2,2-6H3/b38-8-,48-17+. The van der Waals surface area contributed by atoms with E-state index in [1.54, 1.807) is 6.08 Å². The van der Waals surface area contributed by atoms with Crippen LogP contribution in [0.2, 0.25) is 0 Å². The van der Waals surface area contributed by atoms with Gasteiger partial charge in [0.1, 0.15) is 11.5 Å². The summed E-state index contributed by atoms with van der Waals surface area (Å²) in [5.41, 5.74) is 14.0. The first-order valence-electron chi connectivity index (χ1n) is 22.5. The predicted molar refractivity (Wildman–Crippen MR) is 272 cm³/mol. The predicted octanol–water partition coefficient (Wildman–Crippen LogP) is 15.0. The van der Waals surface area contributed by atoms with Crippen LogP contribution in [-0.2, 0) is 5.41 Å². The molecule has 0 spiro atoms. The zero-order valence-electron chi connectivity index (χ0n) is 38.2. The minimum absolute atomic E-state index is 0.351. The average molecular weight is 869 g/mol. The molecule has 0 atom stereocenters. The second kappa shape index (κ2) is 17.9. The molecule has 3 heterocycles. The van der Waals surface area contributed by atoms with E-state index < -0.39 is 0 Å². The minimum atomic E-state index is -0.351. The van der Waals surface area contributed by atoms with Crippen LogP contribution in [-0.4, -0.2) is 29.9 Å². The summed E-state index contributed by atoms with van der Waals surface area (Å²) in [6.45, 7) is 14.6. The van der Waals surface area contributed by atoms with Crippen LogP contribution in [0, 0.1) is 6.92 Å². The Labute approximate surface area is 392 Å². The molecule has 0 N–H and O–H groups in total. The highest BCUT2D eigenvalue weighted by Crippen LogP contribution is 2.50. The third kappa shape index (κ3) is 8.39. The van der Waals surface area contributed by atoms with Gasteiger partial charge in [-0.15, -0.1) is 0 Å². The van der Waals surface area contributed by atoms with Crippen molar-refractivity contribution in [1.82, 2.24) is 29.9 Å². The third-order valence-corrected chi connectivity index (χ3v) is 12.6. The summed E-state index contributed by atoms with van der Waals surface area (Å²) in [5, 5.41) is 0. The SMILES string of the molecule is C=C/C=C(\C(C)=C/C)c1nc(-c2ccccc2)nc(-c2ccc(-c3ccc4c(c3)C(C)(C)c3cc(-c5ccc(-c6nc(-c7ccccc7)nc(-c7ccccc7C)n6)cc5)ccc3O4)cc2)n1. The van der Waals surface area contributed by atoms with E-state index in [2.05, 4.69) is 137 Å². The molecule has 0 fully saturated rings. The van der Waals surface area contributed by atoms with Crippen LogP contribution in [0.1, 0.15) is 50.2 Å². The molecule has 10 rings (SSSR count). The maximum Gasteiger partial charge on any atom is 0.164 e. The van der Waals surface area contributed by atoms with Crippen molar-refractivity contribution >= 4 is 5.57 Å².